The van der Waals surface area contributed by atoms with Gasteiger partial charge in [-0.2, -0.15) is 4.80 Å². The van der Waals surface area contributed by atoms with Crippen molar-refractivity contribution in [1.82, 2.24) is 20.2 Å². The van der Waals surface area contributed by atoms with E-state index in [0.717, 1.165) is 5.56 Å². The van der Waals surface area contributed by atoms with E-state index >= 15 is 0 Å². The first-order valence-corrected chi connectivity index (χ1v) is 8.66. The highest BCUT2D eigenvalue weighted by Gasteiger charge is 2.08. The Bertz CT molecular complexity index is 908. The lowest BCUT2D eigenvalue weighted by Gasteiger charge is -2.06. The Kier molecular flexibility index (Phi) is 4.54. The Hall–Kier alpha value is -2.78. The van der Waals surface area contributed by atoms with Crippen LogP contribution < -0.4 is 9.88 Å². The zero-order valence-corrected chi connectivity index (χ0v) is 13.4. The summed E-state index contributed by atoms with van der Waals surface area (Å²) in [5.74, 6) is 1.08. The lowest BCUT2D eigenvalue weighted by Crippen LogP contribution is -2.12. The van der Waals surface area contributed by atoms with Gasteiger partial charge in [0.05, 0.1) is 11.4 Å². The third-order valence-corrected chi connectivity index (χ3v) is 4.13. The van der Waals surface area contributed by atoms with Crippen molar-refractivity contribution in [2.45, 2.75) is 11.4 Å². The third kappa shape index (κ3) is 3.94. The van der Waals surface area contributed by atoms with Gasteiger partial charge in [0.15, 0.2) is 0 Å². The molecule has 8 nitrogen and oxygen atoms in total. The summed E-state index contributed by atoms with van der Waals surface area (Å²) in [6, 6.07) is 15.4. The molecule has 9 heteroatoms. The lowest BCUT2D eigenvalue weighted by molar-refractivity contribution is 0.280. The molecule has 1 aromatic heterocycles. The maximum absolute atomic E-state index is 11.2. The molecule has 2 aromatic carbocycles. The molecule has 0 amide bonds. The van der Waals surface area contributed by atoms with Crippen LogP contribution in [-0.2, 0) is 16.6 Å². The molecule has 24 heavy (non-hydrogen) atoms. The molecule has 0 saturated heterocycles. The van der Waals surface area contributed by atoms with Crippen molar-refractivity contribution in [3.05, 3.63) is 54.6 Å². The number of tetrazole rings is 1. The van der Waals surface area contributed by atoms with Crippen molar-refractivity contribution in [1.29, 1.82) is 0 Å². The monoisotopic (exact) mass is 345 g/mol. The molecule has 2 N–H and O–H groups in total. The normalized spacial score (nSPS) is 11.4. The largest absolute Gasteiger partial charge is 0.492 e. The van der Waals surface area contributed by atoms with Crippen molar-refractivity contribution in [3.63, 3.8) is 0 Å². The van der Waals surface area contributed by atoms with Crippen LogP contribution in [0.25, 0.3) is 11.4 Å². The van der Waals surface area contributed by atoms with Crippen LogP contribution in [0.15, 0.2) is 59.5 Å². The van der Waals surface area contributed by atoms with Gasteiger partial charge in [0.25, 0.3) is 0 Å². The molecular formula is C15H15N5O3S. The summed E-state index contributed by atoms with van der Waals surface area (Å²) in [4.78, 5) is 1.49. The average molecular weight is 345 g/mol. The number of ether oxygens (including phenoxy) is 1. The fourth-order valence-corrected chi connectivity index (χ4v) is 2.53. The fourth-order valence-electron chi connectivity index (χ4n) is 2.01. The second-order valence-corrected chi connectivity index (χ2v) is 6.50. The molecule has 0 bridgehead atoms. The molecule has 0 aliphatic heterocycles. The van der Waals surface area contributed by atoms with Crippen LogP contribution >= 0.6 is 0 Å². The Morgan fingerprint density at radius 3 is 2.42 bits per heavy atom. The lowest BCUT2D eigenvalue weighted by atomic mass is 10.2. The summed E-state index contributed by atoms with van der Waals surface area (Å²) in [6.07, 6.45) is 0. The van der Waals surface area contributed by atoms with Crippen LogP contribution in [-0.4, -0.2) is 35.2 Å². The highest BCUT2D eigenvalue weighted by molar-refractivity contribution is 7.89. The van der Waals surface area contributed by atoms with Crippen LogP contribution in [0.3, 0.4) is 0 Å². The van der Waals surface area contributed by atoms with E-state index in [4.69, 9.17) is 9.88 Å². The average Bonchev–Trinajstić information content (AvgIpc) is 3.04. The molecule has 0 atom stereocenters. The third-order valence-electron chi connectivity index (χ3n) is 3.20. The van der Waals surface area contributed by atoms with E-state index in [0.29, 0.717) is 24.7 Å². The Balaban J connectivity index is 1.56. The van der Waals surface area contributed by atoms with Gasteiger partial charge in [0.1, 0.15) is 12.4 Å². The van der Waals surface area contributed by atoms with E-state index < -0.39 is 10.0 Å². The minimum absolute atomic E-state index is 0.0419. The number of benzene rings is 2. The van der Waals surface area contributed by atoms with Crippen LogP contribution in [0.5, 0.6) is 5.75 Å². The van der Waals surface area contributed by atoms with E-state index in [1.165, 1.54) is 16.9 Å². The van der Waals surface area contributed by atoms with Crippen molar-refractivity contribution < 1.29 is 13.2 Å². The molecule has 0 saturated carbocycles. The van der Waals surface area contributed by atoms with E-state index in [1.54, 1.807) is 12.1 Å². The SMILES string of the molecule is NS(=O)(=O)c1ccc(OCCn2nnc(-c3ccccc3)n2)cc1. The van der Waals surface area contributed by atoms with Gasteiger partial charge in [0, 0.05) is 5.56 Å². The first-order valence-electron chi connectivity index (χ1n) is 7.11. The zero-order valence-electron chi connectivity index (χ0n) is 12.6. The number of aromatic nitrogens is 4. The van der Waals surface area contributed by atoms with Gasteiger partial charge in [-0.05, 0) is 29.5 Å². The number of hydrogen-bond donors (Lipinski definition) is 1. The topological polar surface area (TPSA) is 113 Å². The standard InChI is InChI=1S/C15H15N5O3S/c16-24(21,22)14-8-6-13(7-9-14)23-11-10-20-18-15(17-19-20)12-4-2-1-3-5-12/h1-9H,10-11H2,(H2,16,21,22). The van der Waals surface area contributed by atoms with Crippen LogP contribution in [0.2, 0.25) is 0 Å². The molecule has 0 unspecified atom stereocenters. The summed E-state index contributed by atoms with van der Waals surface area (Å²) in [5.41, 5.74) is 0.892. The molecule has 124 valence electrons. The van der Waals surface area contributed by atoms with Gasteiger partial charge in [-0.3, -0.25) is 0 Å². The van der Waals surface area contributed by atoms with Gasteiger partial charge in [-0.1, -0.05) is 30.3 Å². The van der Waals surface area contributed by atoms with Crippen molar-refractivity contribution in [2.24, 2.45) is 5.14 Å². The quantitative estimate of drug-likeness (QED) is 0.715. The highest BCUT2D eigenvalue weighted by Crippen LogP contribution is 2.15. The first kappa shape index (κ1) is 16.1. The summed E-state index contributed by atoms with van der Waals surface area (Å²) in [7, 11) is -3.69. The molecule has 0 aliphatic rings. The number of primary sulfonamides is 1. The van der Waals surface area contributed by atoms with E-state index in [-0.39, 0.29) is 4.90 Å². The maximum Gasteiger partial charge on any atom is 0.238 e. The van der Waals surface area contributed by atoms with Crippen LogP contribution in [0.1, 0.15) is 0 Å². The summed E-state index contributed by atoms with van der Waals surface area (Å²) < 4.78 is 27.9. The second-order valence-electron chi connectivity index (χ2n) is 4.94. The summed E-state index contributed by atoms with van der Waals surface area (Å²) in [5, 5.41) is 17.3. The zero-order chi connectivity index (χ0) is 17.0. The highest BCUT2D eigenvalue weighted by atomic mass is 32.2. The number of nitrogens with two attached hydrogens (primary N) is 1. The number of sulfonamides is 1. The van der Waals surface area contributed by atoms with E-state index in [9.17, 15) is 8.42 Å². The fraction of sp³-hybridized carbons (Fsp3) is 0.133. The van der Waals surface area contributed by atoms with Gasteiger partial charge >= 0.3 is 0 Å². The van der Waals surface area contributed by atoms with Crippen molar-refractivity contribution in [2.75, 3.05) is 6.61 Å². The summed E-state index contributed by atoms with van der Waals surface area (Å²) in [6.45, 7) is 0.732. The predicted octanol–water partition coefficient (Wildman–Crippen LogP) is 1.07. The minimum atomic E-state index is -3.69. The number of hydrogen-bond acceptors (Lipinski definition) is 6. The molecular weight excluding hydrogens is 330 g/mol. The second kappa shape index (κ2) is 6.77. The van der Waals surface area contributed by atoms with E-state index in [2.05, 4.69) is 15.4 Å². The van der Waals surface area contributed by atoms with Crippen LogP contribution in [0.4, 0.5) is 0 Å². The molecule has 1 heterocycles. The van der Waals surface area contributed by atoms with Crippen molar-refractivity contribution >= 4 is 10.0 Å². The Labute approximate surface area is 138 Å². The van der Waals surface area contributed by atoms with Gasteiger partial charge < -0.3 is 4.74 Å². The summed E-state index contributed by atoms with van der Waals surface area (Å²) >= 11 is 0. The van der Waals surface area contributed by atoms with Crippen molar-refractivity contribution in [3.8, 4) is 17.1 Å². The van der Waals surface area contributed by atoms with Crippen LogP contribution in [0, 0.1) is 0 Å². The molecule has 0 fully saturated rings. The van der Waals surface area contributed by atoms with E-state index in [1.807, 2.05) is 30.3 Å². The number of nitrogens with zero attached hydrogens (tertiary/aromatic N) is 4. The molecule has 3 aromatic rings. The van der Waals surface area contributed by atoms with Gasteiger partial charge in [0.2, 0.25) is 15.8 Å². The predicted molar refractivity (Wildman–Crippen MR) is 86.6 cm³/mol. The molecule has 0 aliphatic carbocycles. The molecule has 3 rings (SSSR count). The Morgan fingerprint density at radius 2 is 1.75 bits per heavy atom. The smallest absolute Gasteiger partial charge is 0.238 e. The van der Waals surface area contributed by atoms with Gasteiger partial charge in [-0.15, -0.1) is 10.2 Å². The molecule has 0 spiro atoms. The number of rotatable bonds is 6. The minimum Gasteiger partial charge on any atom is -0.492 e. The molecule has 0 radical (unpaired) electrons. The maximum atomic E-state index is 11.2. The first-order chi connectivity index (χ1) is 11.5. The Morgan fingerprint density at radius 1 is 1.04 bits per heavy atom. The van der Waals surface area contributed by atoms with Gasteiger partial charge in [-0.25, -0.2) is 13.6 Å².